The third-order valence-electron chi connectivity index (χ3n) is 3.27. The van der Waals surface area contributed by atoms with Gasteiger partial charge < -0.3 is 15.0 Å². The zero-order chi connectivity index (χ0) is 13.6. The zero-order valence-corrected chi connectivity index (χ0v) is 12.3. The van der Waals surface area contributed by atoms with Gasteiger partial charge in [-0.1, -0.05) is 0 Å². The third-order valence-corrected chi connectivity index (χ3v) is 3.27. The lowest BCUT2D eigenvalue weighted by Crippen LogP contribution is -2.43. The fraction of sp³-hybridized carbons (Fsp3) is 0.929. The third kappa shape index (κ3) is 5.83. The Hall–Kier alpha value is -0.610. The van der Waals surface area contributed by atoms with Gasteiger partial charge >= 0.3 is 0 Å². The highest BCUT2D eigenvalue weighted by molar-refractivity contribution is 5.76. The van der Waals surface area contributed by atoms with Gasteiger partial charge in [-0.3, -0.25) is 4.79 Å². The molecule has 0 spiro atoms. The number of amides is 1. The average Bonchev–Trinajstić information content (AvgIpc) is 2.28. The van der Waals surface area contributed by atoms with Gasteiger partial charge in [-0.15, -0.1) is 0 Å². The zero-order valence-electron chi connectivity index (χ0n) is 12.3. The Balaban J connectivity index is 2.28. The maximum absolute atomic E-state index is 12.1. The van der Waals surface area contributed by atoms with E-state index < -0.39 is 0 Å². The van der Waals surface area contributed by atoms with Crippen molar-refractivity contribution in [3.05, 3.63) is 0 Å². The van der Waals surface area contributed by atoms with Crippen molar-refractivity contribution in [2.45, 2.75) is 45.6 Å². The molecular formula is C14H28N2O2. The largest absolute Gasteiger partial charge is 0.384 e. The van der Waals surface area contributed by atoms with E-state index in [0.717, 1.165) is 32.7 Å². The summed E-state index contributed by atoms with van der Waals surface area (Å²) in [5.41, 5.74) is 0.0841. The van der Waals surface area contributed by atoms with Crippen LogP contribution in [0.5, 0.6) is 0 Å². The first-order valence-electron chi connectivity index (χ1n) is 6.94. The van der Waals surface area contributed by atoms with Crippen molar-refractivity contribution in [1.82, 2.24) is 10.2 Å². The van der Waals surface area contributed by atoms with Crippen LogP contribution in [0.15, 0.2) is 0 Å². The van der Waals surface area contributed by atoms with E-state index in [-0.39, 0.29) is 11.4 Å². The van der Waals surface area contributed by atoms with Crippen LogP contribution in [0.1, 0.15) is 40.0 Å². The smallest absolute Gasteiger partial charge is 0.223 e. The molecule has 106 valence electrons. The Labute approximate surface area is 111 Å². The van der Waals surface area contributed by atoms with Crippen molar-refractivity contribution in [1.29, 1.82) is 0 Å². The first-order valence-corrected chi connectivity index (χ1v) is 6.94. The topological polar surface area (TPSA) is 41.6 Å². The van der Waals surface area contributed by atoms with E-state index in [1.165, 1.54) is 6.42 Å². The minimum atomic E-state index is 0.0841. The predicted molar refractivity (Wildman–Crippen MR) is 73.6 cm³/mol. The van der Waals surface area contributed by atoms with Gasteiger partial charge in [-0.2, -0.15) is 0 Å². The number of carbonyl (C=O) groups is 1. The second-order valence-corrected chi connectivity index (χ2v) is 6.23. The molecule has 1 unspecified atom stereocenters. The molecule has 0 radical (unpaired) electrons. The summed E-state index contributed by atoms with van der Waals surface area (Å²) in [4.78, 5) is 14.1. The number of methoxy groups -OCH3 is 1. The molecule has 1 amide bonds. The standard InChI is InChI=1S/C14H28N2O2/c1-14(2,3)15-8-7-13(17)16-9-5-6-12(10-16)11-18-4/h12,15H,5-11H2,1-4H3. The fourth-order valence-electron chi connectivity index (χ4n) is 2.37. The normalized spacial score (nSPS) is 21.1. The van der Waals surface area contributed by atoms with Crippen LogP contribution < -0.4 is 5.32 Å². The van der Waals surface area contributed by atoms with Gasteiger partial charge in [0, 0.05) is 38.7 Å². The van der Waals surface area contributed by atoms with Crippen LogP contribution in [0, 0.1) is 5.92 Å². The number of carbonyl (C=O) groups excluding carboxylic acids is 1. The molecule has 4 heteroatoms. The number of likely N-dealkylation sites (tertiary alicyclic amines) is 1. The average molecular weight is 256 g/mol. The van der Waals surface area contributed by atoms with Gasteiger partial charge in [0.15, 0.2) is 0 Å². The lowest BCUT2D eigenvalue weighted by atomic mass is 9.98. The van der Waals surface area contributed by atoms with Crippen molar-refractivity contribution < 1.29 is 9.53 Å². The van der Waals surface area contributed by atoms with Crippen molar-refractivity contribution in [2.24, 2.45) is 5.92 Å². The van der Waals surface area contributed by atoms with Crippen LogP contribution in [0.2, 0.25) is 0 Å². The van der Waals surface area contributed by atoms with E-state index in [9.17, 15) is 4.79 Å². The Kier molecular flexibility index (Phi) is 6.09. The number of ether oxygens (including phenoxy) is 1. The molecule has 1 saturated heterocycles. The highest BCUT2D eigenvalue weighted by Crippen LogP contribution is 2.17. The van der Waals surface area contributed by atoms with E-state index in [4.69, 9.17) is 4.74 Å². The molecule has 0 aliphatic carbocycles. The number of nitrogens with one attached hydrogen (secondary N) is 1. The lowest BCUT2D eigenvalue weighted by Gasteiger charge is -2.32. The molecule has 1 aliphatic heterocycles. The summed E-state index contributed by atoms with van der Waals surface area (Å²) in [7, 11) is 1.73. The number of hydrogen-bond acceptors (Lipinski definition) is 3. The monoisotopic (exact) mass is 256 g/mol. The molecule has 1 N–H and O–H groups in total. The highest BCUT2D eigenvalue weighted by atomic mass is 16.5. The van der Waals surface area contributed by atoms with Crippen LogP contribution in [-0.2, 0) is 9.53 Å². The van der Waals surface area contributed by atoms with Crippen LogP contribution in [0.25, 0.3) is 0 Å². The molecular weight excluding hydrogens is 228 g/mol. The molecule has 1 atom stereocenters. The Morgan fingerprint density at radius 3 is 2.78 bits per heavy atom. The van der Waals surface area contributed by atoms with Crippen LogP contribution >= 0.6 is 0 Å². The summed E-state index contributed by atoms with van der Waals surface area (Å²) in [6, 6.07) is 0. The van der Waals surface area contributed by atoms with E-state index in [1.807, 2.05) is 4.90 Å². The minimum Gasteiger partial charge on any atom is -0.384 e. The van der Waals surface area contributed by atoms with Crippen LogP contribution in [0.4, 0.5) is 0 Å². The summed E-state index contributed by atoms with van der Waals surface area (Å²) >= 11 is 0. The number of rotatable bonds is 5. The van der Waals surface area contributed by atoms with E-state index in [0.29, 0.717) is 12.3 Å². The van der Waals surface area contributed by atoms with Gasteiger partial charge in [-0.05, 0) is 39.5 Å². The molecule has 1 heterocycles. The molecule has 0 aromatic rings. The molecule has 1 rings (SSSR count). The van der Waals surface area contributed by atoms with Gasteiger partial charge in [-0.25, -0.2) is 0 Å². The maximum Gasteiger partial charge on any atom is 0.223 e. The predicted octanol–water partition coefficient (Wildman–Crippen LogP) is 1.65. The second kappa shape index (κ2) is 7.10. The van der Waals surface area contributed by atoms with E-state index in [1.54, 1.807) is 7.11 Å². The highest BCUT2D eigenvalue weighted by Gasteiger charge is 2.23. The second-order valence-electron chi connectivity index (χ2n) is 6.23. The molecule has 0 saturated carbocycles. The summed E-state index contributed by atoms with van der Waals surface area (Å²) in [5, 5.41) is 3.36. The van der Waals surface area contributed by atoms with Crippen molar-refractivity contribution >= 4 is 5.91 Å². The number of nitrogens with zero attached hydrogens (tertiary/aromatic N) is 1. The molecule has 1 fully saturated rings. The van der Waals surface area contributed by atoms with Gasteiger partial charge in [0.2, 0.25) is 5.91 Å². The molecule has 0 aromatic carbocycles. The van der Waals surface area contributed by atoms with Crippen molar-refractivity contribution in [2.75, 3.05) is 33.4 Å². The van der Waals surface area contributed by atoms with Gasteiger partial charge in [0.25, 0.3) is 0 Å². The fourth-order valence-corrected chi connectivity index (χ4v) is 2.37. The summed E-state index contributed by atoms with van der Waals surface area (Å²) < 4.78 is 5.18. The van der Waals surface area contributed by atoms with Crippen LogP contribution in [-0.4, -0.2) is 49.7 Å². The summed E-state index contributed by atoms with van der Waals surface area (Å²) in [6.07, 6.45) is 2.88. The molecule has 1 aliphatic rings. The quantitative estimate of drug-likeness (QED) is 0.813. The summed E-state index contributed by atoms with van der Waals surface area (Å²) in [6.45, 7) is 9.65. The van der Waals surface area contributed by atoms with Gasteiger partial charge in [0.05, 0.1) is 6.61 Å². The summed E-state index contributed by atoms with van der Waals surface area (Å²) in [5.74, 6) is 0.788. The Morgan fingerprint density at radius 2 is 2.17 bits per heavy atom. The molecule has 18 heavy (non-hydrogen) atoms. The maximum atomic E-state index is 12.1. The minimum absolute atomic E-state index is 0.0841. The molecule has 0 aromatic heterocycles. The van der Waals surface area contributed by atoms with Crippen LogP contribution in [0.3, 0.4) is 0 Å². The molecule has 0 bridgehead atoms. The first kappa shape index (κ1) is 15.4. The Bertz CT molecular complexity index is 259. The van der Waals surface area contributed by atoms with Crippen molar-refractivity contribution in [3.63, 3.8) is 0 Å². The van der Waals surface area contributed by atoms with E-state index >= 15 is 0 Å². The first-order chi connectivity index (χ1) is 8.42. The molecule has 4 nitrogen and oxygen atoms in total. The van der Waals surface area contributed by atoms with Crippen molar-refractivity contribution in [3.8, 4) is 0 Å². The Morgan fingerprint density at radius 1 is 1.44 bits per heavy atom. The van der Waals surface area contributed by atoms with Gasteiger partial charge in [0.1, 0.15) is 0 Å². The van der Waals surface area contributed by atoms with E-state index in [2.05, 4.69) is 26.1 Å². The number of piperidine rings is 1. The SMILES string of the molecule is COCC1CCCN(C(=O)CCNC(C)(C)C)C1. The number of hydrogen-bond donors (Lipinski definition) is 1. The lowest BCUT2D eigenvalue weighted by molar-refractivity contribution is -0.133.